The number of aliphatic hydroxyl groups excluding tert-OH is 1. The monoisotopic (exact) mass is 283 g/mol. The molecule has 0 aliphatic carbocycles. The van der Waals surface area contributed by atoms with E-state index in [4.69, 9.17) is 4.74 Å². The molecule has 6 nitrogen and oxygen atoms in total. The van der Waals surface area contributed by atoms with Gasteiger partial charge in [0, 0.05) is 13.2 Å². The second kappa shape index (κ2) is 6.35. The third-order valence-electron chi connectivity index (χ3n) is 3.16. The van der Waals surface area contributed by atoms with Gasteiger partial charge in [0.2, 0.25) is 0 Å². The summed E-state index contributed by atoms with van der Waals surface area (Å²) in [4.78, 5) is 12.1. The zero-order valence-corrected chi connectivity index (χ0v) is 13.0. The van der Waals surface area contributed by atoms with Crippen molar-refractivity contribution in [3.63, 3.8) is 0 Å². The molecule has 0 saturated heterocycles. The molecule has 0 radical (unpaired) electrons. The number of hydrogen-bond donors (Lipinski definition) is 1. The molecule has 0 atom stereocenters. The molecule has 0 unspecified atom stereocenters. The van der Waals surface area contributed by atoms with Gasteiger partial charge in [-0.25, -0.2) is 0 Å². The second-order valence-electron chi connectivity index (χ2n) is 6.52. The summed E-state index contributed by atoms with van der Waals surface area (Å²) in [5.41, 5.74) is -0.321. The molecule has 0 amide bonds. The quantitative estimate of drug-likeness (QED) is 0.772. The van der Waals surface area contributed by atoms with E-state index in [9.17, 15) is 9.90 Å². The lowest BCUT2D eigenvalue weighted by Crippen LogP contribution is -2.33. The number of rotatable bonds is 7. The molecule has 0 aliphatic rings. The second-order valence-corrected chi connectivity index (χ2v) is 6.52. The van der Waals surface area contributed by atoms with Gasteiger partial charge in [-0.05, 0) is 32.6 Å². The van der Waals surface area contributed by atoms with Gasteiger partial charge in [-0.15, -0.1) is 5.10 Å². The van der Waals surface area contributed by atoms with Gasteiger partial charge < -0.3 is 9.84 Å². The number of hydrogen-bond acceptors (Lipinski definition) is 5. The maximum atomic E-state index is 12.1. The predicted molar refractivity (Wildman–Crippen MR) is 74.8 cm³/mol. The Morgan fingerprint density at radius 3 is 2.55 bits per heavy atom. The Bertz CT molecular complexity index is 452. The van der Waals surface area contributed by atoms with Gasteiger partial charge in [0.15, 0.2) is 0 Å². The van der Waals surface area contributed by atoms with Gasteiger partial charge in [-0.3, -0.25) is 9.48 Å². The average Bonchev–Trinajstić information content (AvgIpc) is 2.82. The Morgan fingerprint density at radius 2 is 2.05 bits per heavy atom. The van der Waals surface area contributed by atoms with E-state index >= 15 is 0 Å². The predicted octanol–water partition coefficient (Wildman–Crippen LogP) is 1.78. The van der Waals surface area contributed by atoms with Crippen LogP contribution in [0.15, 0.2) is 6.20 Å². The van der Waals surface area contributed by atoms with Gasteiger partial charge in [0.1, 0.15) is 12.3 Å². The van der Waals surface area contributed by atoms with E-state index in [1.54, 1.807) is 10.9 Å². The number of nitrogens with zero attached hydrogens (tertiary/aromatic N) is 3. The van der Waals surface area contributed by atoms with Crippen LogP contribution in [0.4, 0.5) is 0 Å². The molecule has 1 aromatic heterocycles. The minimum atomic E-state index is -0.646. The summed E-state index contributed by atoms with van der Waals surface area (Å²) in [6.45, 7) is 10.4. The maximum Gasteiger partial charge on any atom is 0.311 e. The molecule has 20 heavy (non-hydrogen) atoms. The minimum absolute atomic E-state index is 0.0362. The molecule has 1 heterocycles. The molecule has 0 aliphatic heterocycles. The molecule has 0 saturated carbocycles. The SMILES string of the molecule is CCn1cc(COC(=O)C(C)(C)CC(C)(C)CO)nn1. The molecule has 1 rings (SSSR count). The van der Waals surface area contributed by atoms with E-state index in [-0.39, 0.29) is 24.6 Å². The molecule has 0 spiro atoms. The number of aliphatic hydroxyl groups is 1. The van der Waals surface area contributed by atoms with E-state index in [1.165, 1.54) is 0 Å². The first-order valence-electron chi connectivity index (χ1n) is 6.87. The zero-order chi connectivity index (χ0) is 15.4. The molecule has 1 aromatic rings. The van der Waals surface area contributed by atoms with Crippen molar-refractivity contribution in [1.29, 1.82) is 0 Å². The molecule has 0 aromatic carbocycles. The van der Waals surface area contributed by atoms with Gasteiger partial charge >= 0.3 is 5.97 Å². The van der Waals surface area contributed by atoms with Crippen molar-refractivity contribution in [2.24, 2.45) is 10.8 Å². The Labute approximate surface area is 120 Å². The average molecular weight is 283 g/mol. The fourth-order valence-corrected chi connectivity index (χ4v) is 2.22. The van der Waals surface area contributed by atoms with Crippen molar-refractivity contribution >= 4 is 5.97 Å². The Balaban J connectivity index is 2.56. The van der Waals surface area contributed by atoms with Crippen LogP contribution < -0.4 is 0 Å². The summed E-state index contributed by atoms with van der Waals surface area (Å²) in [7, 11) is 0. The highest BCUT2D eigenvalue weighted by Gasteiger charge is 2.35. The van der Waals surface area contributed by atoms with E-state index < -0.39 is 5.41 Å². The smallest absolute Gasteiger partial charge is 0.311 e. The Hall–Kier alpha value is -1.43. The fourth-order valence-electron chi connectivity index (χ4n) is 2.22. The van der Waals surface area contributed by atoms with Crippen molar-refractivity contribution in [1.82, 2.24) is 15.0 Å². The van der Waals surface area contributed by atoms with Gasteiger partial charge in [-0.1, -0.05) is 19.1 Å². The van der Waals surface area contributed by atoms with Crippen LogP contribution in [0.25, 0.3) is 0 Å². The topological polar surface area (TPSA) is 77.2 Å². The van der Waals surface area contributed by atoms with E-state index in [2.05, 4.69) is 10.3 Å². The standard InChI is InChI=1S/C14H25N3O3/c1-6-17-7-11(15-16-17)8-20-12(19)14(4,5)9-13(2,3)10-18/h7,18H,6,8-10H2,1-5H3. The number of carbonyl (C=O) groups is 1. The number of aryl methyl sites for hydroxylation is 1. The van der Waals surface area contributed by atoms with Crippen LogP contribution in [0.5, 0.6) is 0 Å². The molecular weight excluding hydrogens is 258 g/mol. The summed E-state index contributed by atoms with van der Waals surface area (Å²) < 4.78 is 6.99. The van der Waals surface area contributed by atoms with Crippen molar-refractivity contribution in [2.45, 2.75) is 54.2 Å². The number of esters is 1. The van der Waals surface area contributed by atoms with Crippen LogP contribution in [0.2, 0.25) is 0 Å². The largest absolute Gasteiger partial charge is 0.459 e. The summed E-state index contributed by atoms with van der Waals surface area (Å²) in [6.07, 6.45) is 2.31. The molecule has 0 fully saturated rings. The zero-order valence-electron chi connectivity index (χ0n) is 13.0. The molecular formula is C14H25N3O3. The van der Waals surface area contributed by atoms with Crippen molar-refractivity contribution < 1.29 is 14.6 Å². The van der Waals surface area contributed by atoms with Crippen molar-refractivity contribution in [3.05, 3.63) is 11.9 Å². The lowest BCUT2D eigenvalue weighted by atomic mass is 9.75. The highest BCUT2D eigenvalue weighted by molar-refractivity contribution is 5.75. The van der Waals surface area contributed by atoms with Crippen LogP contribution in [-0.4, -0.2) is 32.7 Å². The van der Waals surface area contributed by atoms with Crippen molar-refractivity contribution in [3.8, 4) is 0 Å². The first kappa shape index (κ1) is 16.6. The number of aromatic nitrogens is 3. The summed E-state index contributed by atoms with van der Waals surface area (Å²) in [5.74, 6) is -0.287. The van der Waals surface area contributed by atoms with Crippen LogP contribution in [0.3, 0.4) is 0 Å². The van der Waals surface area contributed by atoms with Crippen LogP contribution >= 0.6 is 0 Å². The summed E-state index contributed by atoms with van der Waals surface area (Å²) >= 11 is 0. The first-order valence-corrected chi connectivity index (χ1v) is 6.87. The molecule has 1 N–H and O–H groups in total. The highest BCUT2D eigenvalue weighted by Crippen LogP contribution is 2.34. The van der Waals surface area contributed by atoms with Gasteiger partial charge in [-0.2, -0.15) is 0 Å². The third kappa shape index (κ3) is 4.59. The number of carbonyl (C=O) groups excluding carboxylic acids is 1. The lowest BCUT2D eigenvalue weighted by molar-refractivity contribution is -0.157. The summed E-state index contributed by atoms with van der Waals surface area (Å²) in [6, 6.07) is 0. The third-order valence-corrected chi connectivity index (χ3v) is 3.16. The highest BCUT2D eigenvalue weighted by atomic mass is 16.5. The molecule has 114 valence electrons. The van der Waals surface area contributed by atoms with E-state index in [0.29, 0.717) is 12.1 Å². The maximum absolute atomic E-state index is 12.1. The van der Waals surface area contributed by atoms with Crippen molar-refractivity contribution in [2.75, 3.05) is 6.61 Å². The van der Waals surface area contributed by atoms with E-state index in [0.717, 1.165) is 6.54 Å². The lowest BCUT2D eigenvalue weighted by Gasteiger charge is -2.31. The molecule has 6 heteroatoms. The number of ether oxygens (including phenoxy) is 1. The van der Waals surface area contributed by atoms with Gasteiger partial charge in [0.25, 0.3) is 0 Å². The first-order chi connectivity index (χ1) is 9.20. The molecule has 0 bridgehead atoms. The summed E-state index contributed by atoms with van der Waals surface area (Å²) in [5, 5.41) is 17.1. The van der Waals surface area contributed by atoms with Crippen LogP contribution in [0.1, 0.15) is 46.7 Å². The Kier molecular flexibility index (Phi) is 5.28. The van der Waals surface area contributed by atoms with Crippen LogP contribution in [-0.2, 0) is 22.7 Å². The van der Waals surface area contributed by atoms with E-state index in [1.807, 2.05) is 34.6 Å². The minimum Gasteiger partial charge on any atom is -0.459 e. The normalized spacial score (nSPS) is 12.5. The Morgan fingerprint density at radius 1 is 1.40 bits per heavy atom. The van der Waals surface area contributed by atoms with Gasteiger partial charge in [0.05, 0.1) is 11.6 Å². The van der Waals surface area contributed by atoms with Crippen LogP contribution in [0, 0.1) is 10.8 Å². The fraction of sp³-hybridized carbons (Fsp3) is 0.786.